The molecule has 0 fully saturated rings. The fraction of sp³-hybridized carbons (Fsp3) is 0.0909. The molecule has 82 valence electrons. The number of carbonyl (C=O) groups is 1. The number of nitrogens with zero attached hydrogens (tertiary/aromatic N) is 1. The number of thiazole rings is 1. The van der Waals surface area contributed by atoms with Crippen molar-refractivity contribution in [2.45, 2.75) is 5.88 Å². The number of para-hydroxylation sites is 1. The molecule has 1 N–H and O–H groups in total. The minimum absolute atomic E-state index is 0.0330. The van der Waals surface area contributed by atoms with Crippen molar-refractivity contribution in [3.05, 3.63) is 46.4 Å². The van der Waals surface area contributed by atoms with Crippen molar-refractivity contribution in [3.8, 4) is 0 Å². The van der Waals surface area contributed by atoms with Gasteiger partial charge in [0.25, 0.3) is 5.91 Å². The first-order valence-electron chi connectivity index (χ1n) is 4.65. The summed E-state index contributed by atoms with van der Waals surface area (Å²) in [6.45, 7) is 0. The number of rotatable bonds is 1. The number of amides is 1. The molecule has 1 aliphatic heterocycles. The van der Waals surface area contributed by atoms with E-state index in [2.05, 4.69) is 10.3 Å². The lowest BCUT2D eigenvalue weighted by Crippen LogP contribution is -2.23. The summed E-state index contributed by atoms with van der Waals surface area (Å²) in [5.41, 5.74) is 3.53. The molecule has 2 aromatic rings. The van der Waals surface area contributed by atoms with Crippen LogP contribution in [0.2, 0.25) is 0 Å². The highest BCUT2D eigenvalue weighted by Crippen LogP contribution is 2.23. The molecule has 2 heterocycles. The summed E-state index contributed by atoms with van der Waals surface area (Å²) in [7, 11) is 0. The normalized spacial score (nSPS) is 11.7. The highest BCUT2D eigenvalue weighted by atomic mass is 35.5. The molecule has 1 aromatic carbocycles. The predicted molar refractivity (Wildman–Crippen MR) is 66.1 cm³/mol. The minimum atomic E-state index is 0.0330. The molecule has 5 heteroatoms. The van der Waals surface area contributed by atoms with E-state index in [-0.39, 0.29) is 5.91 Å². The second kappa shape index (κ2) is 5.09. The second-order valence-electron chi connectivity index (χ2n) is 3.10. The zero-order valence-electron chi connectivity index (χ0n) is 8.31. The number of hydrogen-bond acceptors (Lipinski definition) is 3. The van der Waals surface area contributed by atoms with Crippen LogP contribution in [0.3, 0.4) is 0 Å². The predicted octanol–water partition coefficient (Wildman–Crippen LogP) is 3.13. The Morgan fingerprint density at radius 1 is 1.38 bits per heavy atom. The Hall–Kier alpha value is -1.39. The number of aromatic nitrogens is 1. The van der Waals surface area contributed by atoms with Gasteiger partial charge in [-0.05, 0) is 12.1 Å². The maximum atomic E-state index is 10.6. The van der Waals surface area contributed by atoms with Gasteiger partial charge >= 0.3 is 0 Å². The minimum Gasteiger partial charge on any atom is -0.321 e. The summed E-state index contributed by atoms with van der Waals surface area (Å²) in [6, 6.07) is 7.46. The summed E-state index contributed by atoms with van der Waals surface area (Å²) in [5.74, 6) is 0.621. The van der Waals surface area contributed by atoms with E-state index in [1.165, 1.54) is 0 Å². The number of fused-ring (bicyclic) bond motifs is 1. The van der Waals surface area contributed by atoms with E-state index in [1.54, 1.807) is 23.0 Å². The number of anilines is 1. The third-order valence-corrected chi connectivity index (χ3v) is 3.26. The van der Waals surface area contributed by atoms with Crippen LogP contribution >= 0.6 is 22.9 Å². The lowest BCUT2D eigenvalue weighted by molar-refractivity contribution is 0.101. The van der Waals surface area contributed by atoms with Gasteiger partial charge in [0.05, 0.1) is 22.6 Å². The van der Waals surface area contributed by atoms with Crippen molar-refractivity contribution >= 4 is 34.5 Å². The maximum absolute atomic E-state index is 10.6. The Balaban J connectivity index is 0.000000125. The molecule has 0 atom stereocenters. The molecule has 0 saturated carbocycles. The van der Waals surface area contributed by atoms with E-state index >= 15 is 0 Å². The first kappa shape index (κ1) is 11.1. The second-order valence-corrected chi connectivity index (χ2v) is 4.34. The molecule has 1 aromatic heterocycles. The van der Waals surface area contributed by atoms with Crippen LogP contribution in [0, 0.1) is 0 Å². The SMILES string of the molecule is ClCc1cncs1.O=C1Nc2ccccc21. The van der Waals surface area contributed by atoms with Crippen molar-refractivity contribution in [3.63, 3.8) is 0 Å². The average Bonchev–Trinajstić information content (AvgIpc) is 2.81. The number of alkyl halides is 1. The molecule has 0 radical (unpaired) electrons. The number of hydrogen-bond donors (Lipinski definition) is 1. The first-order valence-corrected chi connectivity index (χ1v) is 6.06. The Morgan fingerprint density at radius 2 is 2.19 bits per heavy atom. The van der Waals surface area contributed by atoms with E-state index in [9.17, 15) is 4.79 Å². The number of nitrogens with one attached hydrogen (secondary N) is 1. The lowest BCUT2D eigenvalue weighted by atomic mass is 10.1. The Labute approximate surface area is 102 Å². The zero-order valence-corrected chi connectivity index (χ0v) is 9.89. The summed E-state index contributed by atoms with van der Waals surface area (Å²) in [5, 5.41) is 2.65. The van der Waals surface area contributed by atoms with Crippen LogP contribution < -0.4 is 5.32 Å². The Kier molecular flexibility index (Phi) is 3.54. The number of halogens is 1. The van der Waals surface area contributed by atoms with E-state index in [1.807, 2.05) is 24.3 Å². The zero-order chi connectivity index (χ0) is 11.4. The summed E-state index contributed by atoms with van der Waals surface area (Å²) >= 11 is 7.02. The number of benzene rings is 1. The average molecular weight is 253 g/mol. The smallest absolute Gasteiger partial charge is 0.257 e. The third-order valence-electron chi connectivity index (χ3n) is 2.04. The first-order chi connectivity index (χ1) is 7.81. The summed E-state index contributed by atoms with van der Waals surface area (Å²) < 4.78 is 0. The van der Waals surface area contributed by atoms with E-state index in [4.69, 9.17) is 11.6 Å². The number of carbonyl (C=O) groups excluding carboxylic acids is 1. The van der Waals surface area contributed by atoms with Crippen molar-refractivity contribution < 1.29 is 4.79 Å². The fourth-order valence-electron chi connectivity index (χ4n) is 1.23. The maximum Gasteiger partial charge on any atom is 0.257 e. The summed E-state index contributed by atoms with van der Waals surface area (Å²) in [4.78, 5) is 15.6. The molecule has 0 unspecified atom stereocenters. The van der Waals surface area contributed by atoms with Crippen molar-refractivity contribution in [1.82, 2.24) is 4.98 Å². The molecular formula is C11H9ClN2OS. The molecule has 3 rings (SSSR count). The third kappa shape index (κ3) is 2.40. The van der Waals surface area contributed by atoms with Gasteiger partial charge in [-0.1, -0.05) is 12.1 Å². The van der Waals surface area contributed by atoms with Crippen LogP contribution in [0.1, 0.15) is 15.2 Å². The van der Waals surface area contributed by atoms with Gasteiger partial charge in [0, 0.05) is 11.1 Å². The van der Waals surface area contributed by atoms with Crippen molar-refractivity contribution in [2.75, 3.05) is 5.32 Å². The van der Waals surface area contributed by atoms with Gasteiger partial charge in [-0.2, -0.15) is 0 Å². The van der Waals surface area contributed by atoms with E-state index in [0.29, 0.717) is 5.88 Å². The lowest BCUT2D eigenvalue weighted by Gasteiger charge is -2.17. The van der Waals surface area contributed by atoms with Gasteiger partial charge < -0.3 is 5.32 Å². The van der Waals surface area contributed by atoms with Crippen LogP contribution in [0.4, 0.5) is 5.69 Å². The molecule has 0 saturated heterocycles. The van der Waals surface area contributed by atoms with Gasteiger partial charge in [-0.25, -0.2) is 0 Å². The molecule has 0 bridgehead atoms. The standard InChI is InChI=1S/C7H5NO.C4H4ClNS/c9-7-5-3-1-2-4-6(5)8-7;5-1-4-2-6-3-7-4/h1-4H,(H,8,9);2-3H,1H2. The van der Waals surface area contributed by atoms with Crippen LogP contribution in [0.25, 0.3) is 0 Å². The highest BCUT2D eigenvalue weighted by Gasteiger charge is 2.19. The van der Waals surface area contributed by atoms with Crippen LogP contribution in [-0.4, -0.2) is 10.9 Å². The monoisotopic (exact) mass is 252 g/mol. The molecule has 0 spiro atoms. The van der Waals surface area contributed by atoms with Crippen molar-refractivity contribution in [1.29, 1.82) is 0 Å². The molecular weight excluding hydrogens is 244 g/mol. The fourth-order valence-corrected chi connectivity index (χ4v) is 1.93. The molecule has 3 nitrogen and oxygen atoms in total. The molecule has 0 aliphatic carbocycles. The molecule has 1 amide bonds. The van der Waals surface area contributed by atoms with Gasteiger partial charge in [0.1, 0.15) is 0 Å². The van der Waals surface area contributed by atoms with Crippen molar-refractivity contribution in [2.24, 2.45) is 0 Å². The van der Waals surface area contributed by atoms with Gasteiger partial charge in [0.15, 0.2) is 0 Å². The van der Waals surface area contributed by atoms with E-state index in [0.717, 1.165) is 16.1 Å². The molecule has 16 heavy (non-hydrogen) atoms. The Bertz CT molecular complexity index is 484. The van der Waals surface area contributed by atoms with Gasteiger partial charge in [0.2, 0.25) is 0 Å². The van der Waals surface area contributed by atoms with Gasteiger partial charge in [-0.15, -0.1) is 22.9 Å². The van der Waals surface area contributed by atoms with E-state index < -0.39 is 0 Å². The van der Waals surface area contributed by atoms with Gasteiger partial charge in [-0.3, -0.25) is 9.78 Å². The Morgan fingerprint density at radius 3 is 2.62 bits per heavy atom. The topological polar surface area (TPSA) is 42.0 Å². The summed E-state index contributed by atoms with van der Waals surface area (Å²) in [6.07, 6.45) is 1.78. The highest BCUT2D eigenvalue weighted by molar-refractivity contribution is 7.09. The molecule has 1 aliphatic rings. The largest absolute Gasteiger partial charge is 0.321 e. The van der Waals surface area contributed by atoms with Crippen LogP contribution in [0.15, 0.2) is 36.0 Å². The van der Waals surface area contributed by atoms with Crippen LogP contribution in [-0.2, 0) is 5.88 Å². The quantitative estimate of drug-likeness (QED) is 0.793. The van der Waals surface area contributed by atoms with Crippen LogP contribution in [0.5, 0.6) is 0 Å².